The number of carbonyl (C=O) groups excluding carboxylic acids is 1. The largest absolute Gasteiger partial charge is 0.369 e. The van der Waals surface area contributed by atoms with Crippen molar-refractivity contribution >= 4 is 22.9 Å². The summed E-state index contributed by atoms with van der Waals surface area (Å²) in [6.45, 7) is 8.23. The summed E-state index contributed by atoms with van der Waals surface area (Å²) in [4.78, 5) is 18.4. The third-order valence-electron chi connectivity index (χ3n) is 5.00. The summed E-state index contributed by atoms with van der Waals surface area (Å²) < 4.78 is 0. The number of hydrogen-bond donors (Lipinski definition) is 1. The molecule has 1 aliphatic heterocycles. The number of nitrogens with one attached hydrogen (secondary N) is 1. The van der Waals surface area contributed by atoms with Gasteiger partial charge in [-0.2, -0.15) is 0 Å². The molecular weight excluding hydrogens is 342 g/mol. The van der Waals surface area contributed by atoms with Crippen LogP contribution in [0.1, 0.15) is 37.6 Å². The highest BCUT2D eigenvalue weighted by Gasteiger charge is 2.30. The zero-order valence-electron chi connectivity index (χ0n) is 15.7. The molecule has 2 aromatic rings. The maximum Gasteiger partial charge on any atom is 0.220 e. The van der Waals surface area contributed by atoms with E-state index in [1.807, 2.05) is 6.92 Å². The zero-order valence-corrected chi connectivity index (χ0v) is 16.5. The lowest BCUT2D eigenvalue weighted by Crippen LogP contribution is -2.52. The summed E-state index contributed by atoms with van der Waals surface area (Å²) >= 11 is 1.78. The van der Waals surface area contributed by atoms with Crippen molar-refractivity contribution in [2.45, 2.75) is 38.8 Å². The molecule has 1 amide bonds. The Bertz CT molecular complexity index is 666. The smallest absolute Gasteiger partial charge is 0.220 e. The highest BCUT2D eigenvalue weighted by atomic mass is 32.1. The van der Waals surface area contributed by atoms with E-state index in [1.54, 1.807) is 11.3 Å². The highest BCUT2D eigenvalue weighted by Crippen LogP contribution is 2.30. The average molecular weight is 372 g/mol. The van der Waals surface area contributed by atoms with Crippen molar-refractivity contribution in [1.82, 2.24) is 10.2 Å². The molecule has 3 rings (SSSR count). The average Bonchev–Trinajstić information content (AvgIpc) is 3.17. The molecule has 0 saturated carbocycles. The molecule has 2 atom stereocenters. The Balaban J connectivity index is 1.67. The van der Waals surface area contributed by atoms with Crippen molar-refractivity contribution < 1.29 is 4.79 Å². The lowest BCUT2D eigenvalue weighted by Gasteiger charge is -2.42. The van der Waals surface area contributed by atoms with Gasteiger partial charge in [-0.25, -0.2) is 0 Å². The summed E-state index contributed by atoms with van der Waals surface area (Å²) in [6, 6.07) is 15.3. The minimum Gasteiger partial charge on any atom is -0.369 e. The Kier molecular flexibility index (Phi) is 6.69. The van der Waals surface area contributed by atoms with Crippen LogP contribution >= 0.6 is 11.3 Å². The van der Waals surface area contributed by atoms with Crippen LogP contribution in [0.3, 0.4) is 0 Å². The maximum atomic E-state index is 12.1. The van der Waals surface area contributed by atoms with Gasteiger partial charge in [0.25, 0.3) is 0 Å². The maximum absolute atomic E-state index is 12.1. The first-order valence-electron chi connectivity index (χ1n) is 9.56. The fourth-order valence-corrected chi connectivity index (χ4v) is 4.70. The molecule has 1 saturated heterocycles. The normalized spacial score (nSPS) is 17.7. The molecule has 4 nitrogen and oxygen atoms in total. The van der Waals surface area contributed by atoms with Gasteiger partial charge >= 0.3 is 0 Å². The van der Waals surface area contributed by atoms with Gasteiger partial charge in [0, 0.05) is 49.2 Å². The van der Waals surface area contributed by atoms with Crippen LogP contribution in [0, 0.1) is 0 Å². The van der Waals surface area contributed by atoms with E-state index < -0.39 is 0 Å². The summed E-state index contributed by atoms with van der Waals surface area (Å²) in [5.74, 6) is 0.157. The van der Waals surface area contributed by atoms with Gasteiger partial charge in [-0.3, -0.25) is 9.69 Å². The summed E-state index contributed by atoms with van der Waals surface area (Å²) in [7, 11) is 0. The van der Waals surface area contributed by atoms with Crippen LogP contribution in [-0.2, 0) is 4.79 Å². The lowest BCUT2D eigenvalue weighted by atomic mass is 10.0. The molecule has 0 bridgehead atoms. The highest BCUT2D eigenvalue weighted by molar-refractivity contribution is 7.10. The van der Waals surface area contributed by atoms with Gasteiger partial charge in [-0.05, 0) is 36.9 Å². The lowest BCUT2D eigenvalue weighted by molar-refractivity contribution is -0.122. The topological polar surface area (TPSA) is 35.6 Å². The number of benzene rings is 1. The van der Waals surface area contributed by atoms with Crippen molar-refractivity contribution in [2.24, 2.45) is 0 Å². The van der Waals surface area contributed by atoms with E-state index in [0.717, 1.165) is 32.6 Å². The molecular formula is C21H29N3OS. The third kappa shape index (κ3) is 4.65. The van der Waals surface area contributed by atoms with Gasteiger partial charge < -0.3 is 10.2 Å². The Morgan fingerprint density at radius 3 is 2.46 bits per heavy atom. The Hall–Kier alpha value is -1.85. The van der Waals surface area contributed by atoms with Gasteiger partial charge in [0.1, 0.15) is 0 Å². The first-order chi connectivity index (χ1) is 12.7. The standard InChI is InChI=1S/C21H29N3OS/c1-3-8-20(25)22-17(2)21(19-11-7-16-26-19)24-14-12-23(13-15-24)18-9-5-4-6-10-18/h4-7,9-11,16-17,21H,3,8,12-15H2,1-2H3,(H,22,25)/t17-,21+/m0/s1. The van der Waals surface area contributed by atoms with Crippen LogP contribution in [-0.4, -0.2) is 43.0 Å². The van der Waals surface area contributed by atoms with Gasteiger partial charge in [-0.15, -0.1) is 11.3 Å². The summed E-state index contributed by atoms with van der Waals surface area (Å²) in [5, 5.41) is 5.35. The number of piperazine rings is 1. The number of para-hydroxylation sites is 1. The molecule has 0 spiro atoms. The van der Waals surface area contributed by atoms with Crippen LogP contribution in [0.5, 0.6) is 0 Å². The van der Waals surface area contributed by atoms with E-state index in [9.17, 15) is 4.79 Å². The van der Waals surface area contributed by atoms with Crippen molar-refractivity contribution in [1.29, 1.82) is 0 Å². The Morgan fingerprint density at radius 2 is 1.85 bits per heavy atom. The predicted octanol–water partition coefficient (Wildman–Crippen LogP) is 3.92. The fourth-order valence-electron chi connectivity index (χ4n) is 3.73. The van der Waals surface area contributed by atoms with Crippen LogP contribution in [0.25, 0.3) is 0 Å². The molecule has 26 heavy (non-hydrogen) atoms. The molecule has 0 aliphatic carbocycles. The first kappa shape index (κ1) is 18.9. The third-order valence-corrected chi connectivity index (χ3v) is 5.95. The van der Waals surface area contributed by atoms with Crippen LogP contribution in [0.2, 0.25) is 0 Å². The molecule has 1 aromatic carbocycles. The predicted molar refractivity (Wildman–Crippen MR) is 110 cm³/mol. The number of thiophene rings is 1. The molecule has 0 radical (unpaired) electrons. The van der Waals surface area contributed by atoms with Crippen LogP contribution < -0.4 is 10.2 Å². The minimum atomic E-state index is 0.107. The molecule has 5 heteroatoms. The van der Waals surface area contributed by atoms with E-state index in [4.69, 9.17) is 0 Å². The van der Waals surface area contributed by atoms with Gasteiger partial charge in [0.05, 0.1) is 6.04 Å². The number of anilines is 1. The summed E-state index contributed by atoms with van der Waals surface area (Å²) in [5.41, 5.74) is 1.30. The molecule has 1 fully saturated rings. The number of carbonyl (C=O) groups is 1. The molecule has 0 unspecified atom stereocenters. The number of rotatable bonds is 7. The van der Waals surface area contributed by atoms with Gasteiger partial charge in [0.15, 0.2) is 0 Å². The number of nitrogens with zero attached hydrogens (tertiary/aromatic N) is 2. The van der Waals surface area contributed by atoms with E-state index in [2.05, 4.69) is 69.9 Å². The number of amides is 1. The summed E-state index contributed by atoms with van der Waals surface area (Å²) in [6.07, 6.45) is 1.49. The second kappa shape index (κ2) is 9.19. The first-order valence-corrected chi connectivity index (χ1v) is 10.4. The van der Waals surface area contributed by atoms with Crippen molar-refractivity contribution in [2.75, 3.05) is 31.1 Å². The molecule has 140 valence electrons. The Labute approximate surface area is 160 Å². The van der Waals surface area contributed by atoms with Crippen LogP contribution in [0.4, 0.5) is 5.69 Å². The molecule has 1 aromatic heterocycles. The molecule has 2 heterocycles. The number of hydrogen-bond acceptors (Lipinski definition) is 4. The quantitative estimate of drug-likeness (QED) is 0.801. The van der Waals surface area contributed by atoms with Crippen LogP contribution in [0.15, 0.2) is 47.8 Å². The fraction of sp³-hybridized carbons (Fsp3) is 0.476. The van der Waals surface area contributed by atoms with Crippen molar-refractivity contribution in [3.8, 4) is 0 Å². The van der Waals surface area contributed by atoms with E-state index in [-0.39, 0.29) is 18.0 Å². The molecule has 1 N–H and O–H groups in total. The second-order valence-corrected chi connectivity index (χ2v) is 7.90. The minimum absolute atomic E-state index is 0.107. The van der Waals surface area contributed by atoms with E-state index >= 15 is 0 Å². The monoisotopic (exact) mass is 371 g/mol. The van der Waals surface area contributed by atoms with E-state index in [0.29, 0.717) is 6.42 Å². The molecule has 1 aliphatic rings. The van der Waals surface area contributed by atoms with E-state index in [1.165, 1.54) is 10.6 Å². The van der Waals surface area contributed by atoms with Gasteiger partial charge in [0.2, 0.25) is 5.91 Å². The SMILES string of the molecule is CCCC(=O)N[C@@H](C)[C@H](c1cccs1)N1CCN(c2ccccc2)CC1. The van der Waals surface area contributed by atoms with Crippen molar-refractivity contribution in [3.63, 3.8) is 0 Å². The van der Waals surface area contributed by atoms with Crippen molar-refractivity contribution in [3.05, 3.63) is 52.7 Å². The zero-order chi connectivity index (χ0) is 18.4. The van der Waals surface area contributed by atoms with Gasteiger partial charge in [-0.1, -0.05) is 31.2 Å². The Morgan fingerprint density at radius 1 is 1.12 bits per heavy atom. The second-order valence-electron chi connectivity index (χ2n) is 6.93.